The molecule has 3 heteroatoms. The first-order valence-corrected chi connectivity index (χ1v) is 4.63. The zero-order valence-corrected chi connectivity index (χ0v) is 7.82. The van der Waals surface area contributed by atoms with Crippen molar-refractivity contribution >= 4 is 5.82 Å². The molecule has 0 atom stereocenters. The minimum atomic E-state index is 0.0825. The molecule has 1 aliphatic heterocycles. The minimum Gasteiger partial charge on any atom is -0.392 e. The molecule has 1 aliphatic rings. The van der Waals surface area contributed by atoms with Crippen molar-refractivity contribution in [1.82, 2.24) is 4.98 Å². The van der Waals surface area contributed by atoms with Gasteiger partial charge in [-0.1, -0.05) is 6.07 Å². The van der Waals surface area contributed by atoms with Crippen LogP contribution in [0.5, 0.6) is 0 Å². The van der Waals surface area contributed by atoms with E-state index in [-0.39, 0.29) is 6.61 Å². The summed E-state index contributed by atoms with van der Waals surface area (Å²) in [6.45, 7) is 4.25. The number of aliphatic hydroxyl groups is 1. The molecule has 0 amide bonds. The average Bonchev–Trinajstić information content (AvgIpc) is 2.01. The Morgan fingerprint density at radius 2 is 2.23 bits per heavy atom. The van der Waals surface area contributed by atoms with Gasteiger partial charge in [-0.05, 0) is 25.0 Å². The van der Waals surface area contributed by atoms with E-state index in [0.29, 0.717) is 0 Å². The number of anilines is 1. The molecule has 0 aromatic carbocycles. The summed E-state index contributed by atoms with van der Waals surface area (Å²) in [4.78, 5) is 6.68. The summed E-state index contributed by atoms with van der Waals surface area (Å²) < 4.78 is 0. The molecule has 0 saturated carbocycles. The lowest BCUT2D eigenvalue weighted by Gasteiger charge is -2.32. The van der Waals surface area contributed by atoms with Crippen LogP contribution in [0.15, 0.2) is 12.1 Å². The van der Waals surface area contributed by atoms with Crippen molar-refractivity contribution in [3.05, 3.63) is 23.4 Å². The molecule has 1 aromatic heterocycles. The van der Waals surface area contributed by atoms with E-state index >= 15 is 0 Å². The molecular formula is C10H14N2O. The maximum Gasteiger partial charge on any atom is 0.128 e. The average molecular weight is 178 g/mol. The van der Waals surface area contributed by atoms with Crippen LogP contribution in [-0.2, 0) is 6.61 Å². The molecule has 1 aromatic rings. The fraction of sp³-hybridized carbons (Fsp3) is 0.500. The molecule has 70 valence electrons. The van der Waals surface area contributed by atoms with Crippen LogP contribution in [0.2, 0.25) is 0 Å². The zero-order valence-electron chi connectivity index (χ0n) is 7.82. The molecule has 0 bridgehead atoms. The summed E-state index contributed by atoms with van der Waals surface area (Å²) in [5.74, 6) is 1.04. The molecule has 1 fully saturated rings. The van der Waals surface area contributed by atoms with Crippen LogP contribution < -0.4 is 4.90 Å². The highest BCUT2D eigenvalue weighted by atomic mass is 16.3. The Balaban J connectivity index is 2.24. The first kappa shape index (κ1) is 8.51. The van der Waals surface area contributed by atoms with Gasteiger partial charge in [-0.2, -0.15) is 0 Å². The third-order valence-corrected chi connectivity index (χ3v) is 2.53. The predicted octanol–water partition coefficient (Wildman–Crippen LogP) is 1.09. The van der Waals surface area contributed by atoms with Gasteiger partial charge < -0.3 is 10.0 Å². The minimum absolute atomic E-state index is 0.0825. The second kappa shape index (κ2) is 3.34. The predicted molar refractivity (Wildman–Crippen MR) is 51.7 cm³/mol. The maximum absolute atomic E-state index is 8.97. The molecule has 0 spiro atoms. The van der Waals surface area contributed by atoms with Gasteiger partial charge in [-0.25, -0.2) is 4.98 Å². The van der Waals surface area contributed by atoms with Gasteiger partial charge in [-0.15, -0.1) is 0 Å². The SMILES string of the molecule is Cc1nc(N2CCC2)ccc1CO. The second-order valence-corrected chi connectivity index (χ2v) is 3.41. The summed E-state index contributed by atoms with van der Waals surface area (Å²) in [7, 11) is 0. The summed E-state index contributed by atoms with van der Waals surface area (Å²) in [5, 5.41) is 8.97. The monoisotopic (exact) mass is 178 g/mol. The van der Waals surface area contributed by atoms with E-state index in [9.17, 15) is 0 Å². The second-order valence-electron chi connectivity index (χ2n) is 3.41. The van der Waals surface area contributed by atoms with Gasteiger partial charge in [0.05, 0.1) is 6.61 Å². The Morgan fingerprint density at radius 3 is 2.69 bits per heavy atom. The quantitative estimate of drug-likeness (QED) is 0.736. The number of hydrogen-bond donors (Lipinski definition) is 1. The van der Waals surface area contributed by atoms with Crippen LogP contribution in [0, 0.1) is 6.92 Å². The molecule has 13 heavy (non-hydrogen) atoms. The van der Waals surface area contributed by atoms with E-state index in [1.54, 1.807) is 0 Å². The molecular weight excluding hydrogens is 164 g/mol. The highest BCUT2D eigenvalue weighted by molar-refractivity contribution is 5.43. The van der Waals surface area contributed by atoms with Crippen molar-refractivity contribution < 1.29 is 5.11 Å². The molecule has 2 rings (SSSR count). The first-order valence-electron chi connectivity index (χ1n) is 4.63. The van der Waals surface area contributed by atoms with Crippen molar-refractivity contribution in [2.45, 2.75) is 20.0 Å². The number of hydrogen-bond acceptors (Lipinski definition) is 3. The van der Waals surface area contributed by atoms with Crippen LogP contribution >= 0.6 is 0 Å². The standard InChI is InChI=1S/C10H14N2O/c1-8-9(7-13)3-4-10(11-8)12-5-2-6-12/h3-4,13H,2,5-7H2,1H3. The number of rotatable bonds is 2. The van der Waals surface area contributed by atoms with E-state index in [0.717, 1.165) is 30.2 Å². The Bertz CT molecular complexity index is 308. The summed E-state index contributed by atoms with van der Waals surface area (Å²) in [6.07, 6.45) is 1.27. The number of nitrogens with zero attached hydrogens (tertiary/aromatic N) is 2. The van der Waals surface area contributed by atoms with Crippen molar-refractivity contribution in [2.75, 3.05) is 18.0 Å². The first-order chi connectivity index (χ1) is 6.31. The van der Waals surface area contributed by atoms with Crippen LogP contribution in [0.3, 0.4) is 0 Å². The van der Waals surface area contributed by atoms with Gasteiger partial charge >= 0.3 is 0 Å². The summed E-state index contributed by atoms with van der Waals surface area (Å²) in [6, 6.07) is 3.94. The molecule has 1 saturated heterocycles. The maximum atomic E-state index is 8.97. The number of pyridine rings is 1. The van der Waals surface area contributed by atoms with Crippen molar-refractivity contribution in [3.63, 3.8) is 0 Å². The summed E-state index contributed by atoms with van der Waals surface area (Å²) in [5.41, 5.74) is 1.86. The zero-order chi connectivity index (χ0) is 9.26. The van der Waals surface area contributed by atoms with Crippen molar-refractivity contribution in [3.8, 4) is 0 Å². The molecule has 3 nitrogen and oxygen atoms in total. The largest absolute Gasteiger partial charge is 0.392 e. The Kier molecular flexibility index (Phi) is 2.19. The Hall–Kier alpha value is -1.09. The van der Waals surface area contributed by atoms with E-state index in [1.807, 2.05) is 19.1 Å². The Morgan fingerprint density at radius 1 is 1.46 bits per heavy atom. The van der Waals surface area contributed by atoms with Crippen molar-refractivity contribution in [2.24, 2.45) is 0 Å². The molecule has 1 N–H and O–H groups in total. The fourth-order valence-electron chi connectivity index (χ4n) is 1.47. The third kappa shape index (κ3) is 1.52. The topological polar surface area (TPSA) is 36.4 Å². The molecule has 0 unspecified atom stereocenters. The normalized spacial score (nSPS) is 15.7. The number of aliphatic hydroxyl groups excluding tert-OH is 1. The van der Waals surface area contributed by atoms with E-state index < -0.39 is 0 Å². The smallest absolute Gasteiger partial charge is 0.128 e. The number of aryl methyl sites for hydroxylation is 1. The highest BCUT2D eigenvalue weighted by Crippen LogP contribution is 2.19. The summed E-state index contributed by atoms with van der Waals surface area (Å²) >= 11 is 0. The highest BCUT2D eigenvalue weighted by Gasteiger charge is 2.15. The molecule has 2 heterocycles. The fourth-order valence-corrected chi connectivity index (χ4v) is 1.47. The van der Waals surface area contributed by atoms with E-state index in [4.69, 9.17) is 5.11 Å². The molecule has 0 aliphatic carbocycles. The lowest BCUT2D eigenvalue weighted by Crippen LogP contribution is -2.37. The lowest BCUT2D eigenvalue weighted by atomic mass is 10.2. The van der Waals surface area contributed by atoms with Crippen LogP contribution in [-0.4, -0.2) is 23.2 Å². The number of aromatic nitrogens is 1. The van der Waals surface area contributed by atoms with Gasteiger partial charge in [-0.3, -0.25) is 0 Å². The van der Waals surface area contributed by atoms with Gasteiger partial charge in [0.1, 0.15) is 5.82 Å². The van der Waals surface area contributed by atoms with E-state index in [1.165, 1.54) is 6.42 Å². The van der Waals surface area contributed by atoms with Gasteiger partial charge in [0, 0.05) is 18.8 Å². The van der Waals surface area contributed by atoms with Gasteiger partial charge in [0.2, 0.25) is 0 Å². The Labute approximate surface area is 78.0 Å². The van der Waals surface area contributed by atoms with E-state index in [2.05, 4.69) is 9.88 Å². The third-order valence-electron chi connectivity index (χ3n) is 2.53. The van der Waals surface area contributed by atoms with Crippen molar-refractivity contribution in [1.29, 1.82) is 0 Å². The van der Waals surface area contributed by atoms with Crippen LogP contribution in [0.25, 0.3) is 0 Å². The van der Waals surface area contributed by atoms with Gasteiger partial charge in [0.25, 0.3) is 0 Å². The van der Waals surface area contributed by atoms with Gasteiger partial charge in [0.15, 0.2) is 0 Å². The van der Waals surface area contributed by atoms with Crippen LogP contribution in [0.1, 0.15) is 17.7 Å². The van der Waals surface area contributed by atoms with Crippen LogP contribution in [0.4, 0.5) is 5.82 Å². The molecule has 0 radical (unpaired) electrons. The lowest BCUT2D eigenvalue weighted by molar-refractivity contribution is 0.280.